The van der Waals surface area contributed by atoms with E-state index in [4.69, 9.17) is 14.8 Å². The minimum Gasteiger partial charge on any atom is -0.481 e. The van der Waals surface area contributed by atoms with Crippen molar-refractivity contribution in [3.63, 3.8) is 0 Å². The number of imidazole rings is 1. The Labute approximate surface area is 200 Å². The Morgan fingerprint density at radius 1 is 1.18 bits per heavy atom. The summed E-state index contributed by atoms with van der Waals surface area (Å²) in [6, 6.07) is 5.63. The fourth-order valence-corrected chi connectivity index (χ4v) is 4.93. The van der Waals surface area contributed by atoms with Gasteiger partial charge in [-0.05, 0) is 62.9 Å². The maximum Gasteiger partial charge on any atom is 0.305 e. The number of piperidine rings is 1. The average molecular weight is 472 g/mol. The Bertz CT molecular complexity index is 964. The second-order valence-electron chi connectivity index (χ2n) is 9.32. The minimum absolute atomic E-state index is 0.0907. The Hall–Kier alpha value is -2.49. The number of carboxylic acid groups (broad SMARTS) is 1. The molecule has 0 aliphatic carbocycles. The van der Waals surface area contributed by atoms with Crippen LogP contribution in [0.2, 0.25) is 0 Å². The van der Waals surface area contributed by atoms with E-state index in [0.29, 0.717) is 5.56 Å². The third-order valence-electron chi connectivity index (χ3n) is 6.91. The van der Waals surface area contributed by atoms with E-state index >= 15 is 0 Å². The zero-order valence-electron chi connectivity index (χ0n) is 19.9. The first-order valence-electron chi connectivity index (χ1n) is 12.6. The van der Waals surface area contributed by atoms with Crippen LogP contribution in [0.25, 0.3) is 11.0 Å². The Morgan fingerprint density at radius 3 is 2.74 bits per heavy atom. The number of aromatic nitrogens is 2. The van der Waals surface area contributed by atoms with Gasteiger partial charge < -0.3 is 25.0 Å². The van der Waals surface area contributed by atoms with E-state index in [9.17, 15) is 9.59 Å². The van der Waals surface area contributed by atoms with Gasteiger partial charge in [-0.1, -0.05) is 0 Å². The summed E-state index contributed by atoms with van der Waals surface area (Å²) in [7, 11) is 0. The second-order valence-corrected chi connectivity index (χ2v) is 9.32. The quantitative estimate of drug-likeness (QED) is 0.459. The number of aryl methyl sites for hydroxylation is 2. The van der Waals surface area contributed by atoms with Crippen LogP contribution in [0.4, 0.5) is 0 Å². The molecule has 186 valence electrons. The van der Waals surface area contributed by atoms with Gasteiger partial charge in [-0.2, -0.15) is 0 Å². The standard InChI is InChI=1S/C25H37N5O4/c31-24(32)8-11-27-25(33)20-3-4-22-21(18-20)28-23(5-2-19-6-9-26-10-7-19)30(22)13-1-12-29-14-16-34-17-15-29/h3-4,18-19,26H,1-2,5-17H2,(H,27,33)(H,31,32). The highest BCUT2D eigenvalue weighted by molar-refractivity contribution is 5.97. The van der Waals surface area contributed by atoms with Gasteiger partial charge in [-0.25, -0.2) is 4.98 Å². The molecule has 3 N–H and O–H groups in total. The second kappa shape index (κ2) is 12.3. The summed E-state index contributed by atoms with van der Waals surface area (Å²) in [5.41, 5.74) is 2.41. The number of carboxylic acids is 1. The molecule has 2 aliphatic rings. The minimum atomic E-state index is -0.926. The zero-order valence-corrected chi connectivity index (χ0v) is 19.9. The summed E-state index contributed by atoms with van der Waals surface area (Å²) in [4.78, 5) is 30.6. The van der Waals surface area contributed by atoms with E-state index < -0.39 is 5.97 Å². The molecule has 2 aliphatic heterocycles. The first-order chi connectivity index (χ1) is 16.6. The van der Waals surface area contributed by atoms with Crippen LogP contribution in [0.5, 0.6) is 0 Å². The van der Waals surface area contributed by atoms with Crippen LogP contribution in [-0.2, 0) is 22.5 Å². The molecule has 9 heteroatoms. The van der Waals surface area contributed by atoms with Crippen LogP contribution >= 0.6 is 0 Å². The molecule has 2 aromatic rings. The molecule has 2 fully saturated rings. The summed E-state index contributed by atoms with van der Waals surface area (Å²) >= 11 is 0. The molecule has 0 bridgehead atoms. The molecule has 1 aromatic carbocycles. The maximum absolute atomic E-state index is 12.5. The first kappa shape index (κ1) is 24.6. The van der Waals surface area contributed by atoms with Crippen molar-refractivity contribution in [3.8, 4) is 0 Å². The van der Waals surface area contributed by atoms with Crippen molar-refractivity contribution in [3.05, 3.63) is 29.6 Å². The number of ether oxygens (including phenoxy) is 1. The van der Waals surface area contributed by atoms with Crippen molar-refractivity contribution in [2.24, 2.45) is 5.92 Å². The smallest absolute Gasteiger partial charge is 0.305 e. The number of morpholine rings is 1. The van der Waals surface area contributed by atoms with Gasteiger partial charge in [-0.15, -0.1) is 0 Å². The molecule has 0 saturated carbocycles. The van der Waals surface area contributed by atoms with Crippen molar-refractivity contribution in [1.29, 1.82) is 0 Å². The molecule has 4 rings (SSSR count). The van der Waals surface area contributed by atoms with Crippen molar-refractivity contribution >= 4 is 22.9 Å². The van der Waals surface area contributed by atoms with Crippen molar-refractivity contribution in [2.45, 2.75) is 45.1 Å². The van der Waals surface area contributed by atoms with Gasteiger partial charge in [0.05, 0.1) is 30.7 Å². The van der Waals surface area contributed by atoms with Gasteiger partial charge in [0.15, 0.2) is 0 Å². The molecule has 0 unspecified atom stereocenters. The fraction of sp³-hybridized carbons (Fsp3) is 0.640. The molecule has 0 atom stereocenters. The van der Waals surface area contributed by atoms with Crippen LogP contribution in [0.1, 0.15) is 48.3 Å². The summed E-state index contributed by atoms with van der Waals surface area (Å²) < 4.78 is 7.80. The predicted molar refractivity (Wildman–Crippen MR) is 130 cm³/mol. The number of amides is 1. The van der Waals surface area contributed by atoms with Crippen LogP contribution in [0.3, 0.4) is 0 Å². The van der Waals surface area contributed by atoms with Crippen LogP contribution in [0, 0.1) is 5.92 Å². The molecule has 1 amide bonds. The number of aliphatic carboxylic acids is 1. The fourth-order valence-electron chi connectivity index (χ4n) is 4.93. The number of benzene rings is 1. The first-order valence-corrected chi connectivity index (χ1v) is 12.6. The highest BCUT2D eigenvalue weighted by atomic mass is 16.5. The highest BCUT2D eigenvalue weighted by Gasteiger charge is 2.18. The lowest BCUT2D eigenvalue weighted by Gasteiger charge is -2.26. The lowest BCUT2D eigenvalue weighted by atomic mass is 9.93. The van der Waals surface area contributed by atoms with Gasteiger partial charge in [-0.3, -0.25) is 14.5 Å². The molecular formula is C25H37N5O4. The Morgan fingerprint density at radius 2 is 1.97 bits per heavy atom. The summed E-state index contributed by atoms with van der Waals surface area (Å²) in [5.74, 6) is 0.642. The Kier molecular flexibility index (Phi) is 8.90. The van der Waals surface area contributed by atoms with Crippen molar-refractivity contribution in [1.82, 2.24) is 25.1 Å². The van der Waals surface area contributed by atoms with E-state index in [1.807, 2.05) is 18.2 Å². The third-order valence-corrected chi connectivity index (χ3v) is 6.91. The molecule has 0 spiro atoms. The monoisotopic (exact) mass is 471 g/mol. The normalized spacial score (nSPS) is 17.8. The largest absolute Gasteiger partial charge is 0.481 e. The highest BCUT2D eigenvalue weighted by Crippen LogP contribution is 2.23. The van der Waals surface area contributed by atoms with E-state index in [1.54, 1.807) is 0 Å². The topological polar surface area (TPSA) is 109 Å². The van der Waals surface area contributed by atoms with E-state index in [2.05, 4.69) is 20.1 Å². The summed E-state index contributed by atoms with van der Waals surface area (Å²) in [6.45, 7) is 7.87. The van der Waals surface area contributed by atoms with Gasteiger partial charge in [0, 0.05) is 44.7 Å². The van der Waals surface area contributed by atoms with Crippen LogP contribution < -0.4 is 10.6 Å². The summed E-state index contributed by atoms with van der Waals surface area (Å²) in [5, 5.41) is 14.9. The van der Waals surface area contributed by atoms with Crippen molar-refractivity contribution < 1.29 is 19.4 Å². The third kappa shape index (κ3) is 6.77. The SMILES string of the molecule is O=C(O)CCNC(=O)c1ccc2c(c1)nc(CCC1CCNCC1)n2CCCN1CCOCC1. The Balaban J connectivity index is 1.46. The number of carbonyl (C=O) groups excluding carboxylic acids is 1. The van der Waals surface area contributed by atoms with Crippen LogP contribution in [0.15, 0.2) is 18.2 Å². The number of nitrogens with zero attached hydrogens (tertiary/aromatic N) is 3. The van der Waals surface area contributed by atoms with E-state index in [1.165, 1.54) is 12.8 Å². The zero-order chi connectivity index (χ0) is 23.8. The van der Waals surface area contributed by atoms with Gasteiger partial charge >= 0.3 is 5.97 Å². The lowest BCUT2D eigenvalue weighted by Crippen LogP contribution is -2.37. The van der Waals surface area contributed by atoms with E-state index in [0.717, 1.165) is 94.5 Å². The van der Waals surface area contributed by atoms with Gasteiger partial charge in [0.25, 0.3) is 5.91 Å². The molecular weight excluding hydrogens is 434 g/mol. The molecule has 2 saturated heterocycles. The molecule has 1 aromatic heterocycles. The number of rotatable bonds is 11. The number of fused-ring (bicyclic) bond motifs is 1. The van der Waals surface area contributed by atoms with E-state index in [-0.39, 0.29) is 18.9 Å². The average Bonchev–Trinajstić information content (AvgIpc) is 3.20. The van der Waals surface area contributed by atoms with Gasteiger partial charge in [0.2, 0.25) is 0 Å². The molecule has 9 nitrogen and oxygen atoms in total. The number of nitrogens with one attached hydrogen (secondary N) is 2. The van der Waals surface area contributed by atoms with Gasteiger partial charge in [0.1, 0.15) is 5.82 Å². The predicted octanol–water partition coefficient (Wildman–Crippen LogP) is 1.90. The number of carbonyl (C=O) groups is 2. The molecule has 3 heterocycles. The number of hydrogen-bond acceptors (Lipinski definition) is 6. The maximum atomic E-state index is 12.5. The van der Waals surface area contributed by atoms with Crippen molar-refractivity contribution in [2.75, 3.05) is 52.5 Å². The molecule has 0 radical (unpaired) electrons. The number of hydrogen-bond donors (Lipinski definition) is 3. The molecule has 34 heavy (non-hydrogen) atoms. The summed E-state index contributed by atoms with van der Waals surface area (Å²) in [6.07, 6.45) is 5.47. The van der Waals surface area contributed by atoms with Crippen LogP contribution in [-0.4, -0.2) is 83.9 Å². The lowest BCUT2D eigenvalue weighted by molar-refractivity contribution is -0.136.